The summed E-state index contributed by atoms with van der Waals surface area (Å²) in [7, 11) is 5.04. The van der Waals surface area contributed by atoms with Gasteiger partial charge in [-0.25, -0.2) is 0 Å². The number of aliphatic hydroxyl groups is 1. The smallest absolute Gasteiger partial charge is 0.295 e. The molecule has 0 saturated carbocycles. The van der Waals surface area contributed by atoms with Crippen molar-refractivity contribution in [2.45, 2.75) is 31.0 Å². The Morgan fingerprint density at radius 1 is 1.29 bits per heavy atom. The zero-order valence-corrected chi connectivity index (χ0v) is 19.6. The molecule has 8 heteroatoms. The lowest BCUT2D eigenvalue weighted by Gasteiger charge is -2.48. The Balaban J connectivity index is 2.13. The lowest BCUT2D eigenvalue weighted by atomic mass is 9.78. The minimum Gasteiger partial charge on any atom is -0.496 e. The van der Waals surface area contributed by atoms with E-state index < -0.39 is 17.7 Å². The minimum atomic E-state index is -1.29. The van der Waals surface area contributed by atoms with E-state index in [1.165, 1.54) is 0 Å². The fourth-order valence-electron chi connectivity index (χ4n) is 5.45. The Labute approximate surface area is 190 Å². The van der Waals surface area contributed by atoms with Gasteiger partial charge in [0.25, 0.3) is 11.8 Å². The normalized spacial score (nSPS) is 29.4. The molecule has 2 unspecified atom stereocenters. The fraction of sp³-hybridized carbons (Fsp3) is 0.391. The summed E-state index contributed by atoms with van der Waals surface area (Å²) in [5.41, 5.74) is 1.80. The topological polar surface area (TPSA) is 87.7 Å². The van der Waals surface area contributed by atoms with Gasteiger partial charge >= 0.3 is 0 Å². The van der Waals surface area contributed by atoms with Crippen molar-refractivity contribution in [3.05, 3.63) is 57.6 Å². The Morgan fingerprint density at radius 2 is 2.03 bits per heavy atom. The zero-order valence-electron chi connectivity index (χ0n) is 18.0. The number of nitrogens with zero attached hydrogens (tertiary/aromatic N) is 1. The minimum absolute atomic E-state index is 0.00292. The first-order chi connectivity index (χ1) is 14.7. The SMILES string of the molecule is CNC(=O)[C@@H]1C[C@@H](O)C[N+]1(C)C1(c2cc(C)ccc2OC)C(=O)Nc2ccc(Br)cc21. The van der Waals surface area contributed by atoms with Gasteiger partial charge in [0, 0.05) is 17.9 Å². The number of aryl methyl sites for hydroxylation is 1. The predicted molar refractivity (Wildman–Crippen MR) is 121 cm³/mol. The van der Waals surface area contributed by atoms with Gasteiger partial charge in [0.15, 0.2) is 6.04 Å². The summed E-state index contributed by atoms with van der Waals surface area (Å²) in [6.07, 6.45) is -0.452. The van der Waals surface area contributed by atoms with Crippen LogP contribution in [0, 0.1) is 6.92 Å². The number of benzene rings is 2. The number of anilines is 1. The number of likely N-dealkylation sites (N-methyl/N-ethyl adjacent to an activating group) is 2. The van der Waals surface area contributed by atoms with Crippen molar-refractivity contribution in [3.63, 3.8) is 0 Å². The Kier molecular flexibility index (Phi) is 5.36. The first-order valence-corrected chi connectivity index (χ1v) is 11.0. The van der Waals surface area contributed by atoms with E-state index in [9.17, 15) is 14.7 Å². The standard InChI is InChI=1S/C23H26BrN3O4/c1-13-5-8-20(31-4)17(9-13)23(16-10-14(24)6-7-18(16)26-22(23)30)27(3)12-15(28)11-19(27)21(29)25-2/h5-10,15,19,28H,11-12H2,1-4H3,(H-,25,26,29,30)/p+1/t15-,19+,23?,27?/m1/s1. The van der Waals surface area contributed by atoms with Crippen LogP contribution in [0.2, 0.25) is 0 Å². The molecule has 164 valence electrons. The lowest BCUT2D eigenvalue weighted by molar-refractivity contribution is -0.953. The van der Waals surface area contributed by atoms with E-state index in [1.54, 1.807) is 14.2 Å². The van der Waals surface area contributed by atoms with Crippen LogP contribution in [0.25, 0.3) is 0 Å². The van der Waals surface area contributed by atoms with Crippen LogP contribution in [0.15, 0.2) is 40.9 Å². The summed E-state index contributed by atoms with van der Waals surface area (Å²) >= 11 is 3.55. The lowest BCUT2D eigenvalue weighted by Crippen LogP contribution is -2.68. The van der Waals surface area contributed by atoms with Crippen LogP contribution in [0.1, 0.15) is 23.1 Å². The van der Waals surface area contributed by atoms with Gasteiger partial charge in [-0.05, 0) is 37.3 Å². The molecule has 0 aliphatic carbocycles. The molecule has 31 heavy (non-hydrogen) atoms. The molecule has 1 saturated heterocycles. The van der Waals surface area contributed by atoms with Gasteiger partial charge in [-0.2, -0.15) is 0 Å². The van der Waals surface area contributed by atoms with Crippen LogP contribution in [-0.2, 0) is 15.1 Å². The molecular weight excluding hydrogens is 462 g/mol. The fourth-order valence-corrected chi connectivity index (χ4v) is 5.81. The number of likely N-dealkylation sites (tertiary alicyclic amines) is 1. The number of hydrogen-bond donors (Lipinski definition) is 3. The maximum Gasteiger partial charge on any atom is 0.295 e. The zero-order chi connectivity index (χ0) is 22.6. The molecular formula is C23H27BrN3O4+. The van der Waals surface area contributed by atoms with Gasteiger partial charge in [-0.1, -0.05) is 27.6 Å². The van der Waals surface area contributed by atoms with Crippen LogP contribution in [0.3, 0.4) is 0 Å². The third-order valence-electron chi connectivity index (χ3n) is 6.78. The van der Waals surface area contributed by atoms with Crippen molar-refractivity contribution in [2.24, 2.45) is 0 Å². The third kappa shape index (κ3) is 3.00. The molecule has 1 fully saturated rings. The van der Waals surface area contributed by atoms with Gasteiger partial charge < -0.3 is 20.5 Å². The molecule has 7 nitrogen and oxygen atoms in total. The quantitative estimate of drug-likeness (QED) is 0.576. The van der Waals surface area contributed by atoms with Crippen molar-refractivity contribution >= 4 is 33.4 Å². The molecule has 3 N–H and O–H groups in total. The number of aliphatic hydroxyl groups excluding tert-OH is 1. The number of quaternary nitrogens is 1. The van der Waals surface area contributed by atoms with E-state index in [-0.39, 0.29) is 29.3 Å². The Hall–Kier alpha value is -2.42. The van der Waals surface area contributed by atoms with Crippen LogP contribution >= 0.6 is 15.9 Å². The molecule has 0 bridgehead atoms. The van der Waals surface area contributed by atoms with Crippen LogP contribution < -0.4 is 15.4 Å². The van der Waals surface area contributed by atoms with Crippen LogP contribution in [0.5, 0.6) is 5.75 Å². The summed E-state index contributed by atoms with van der Waals surface area (Å²) in [6.45, 7) is 2.20. The molecule has 2 heterocycles. The van der Waals surface area contributed by atoms with Crippen molar-refractivity contribution in [1.82, 2.24) is 5.32 Å². The number of hydrogen-bond acceptors (Lipinski definition) is 4. The molecule has 2 aromatic carbocycles. The molecule has 0 spiro atoms. The molecule has 2 aliphatic rings. The number of fused-ring (bicyclic) bond motifs is 1. The number of methoxy groups -OCH3 is 1. The number of ether oxygens (including phenoxy) is 1. The highest BCUT2D eigenvalue weighted by molar-refractivity contribution is 9.10. The second-order valence-electron chi connectivity index (χ2n) is 8.53. The van der Waals surface area contributed by atoms with Crippen molar-refractivity contribution in [2.75, 3.05) is 33.1 Å². The number of carbonyl (C=O) groups excluding carboxylic acids is 2. The van der Waals surface area contributed by atoms with E-state index in [4.69, 9.17) is 4.74 Å². The van der Waals surface area contributed by atoms with Gasteiger partial charge in [0.1, 0.15) is 18.4 Å². The van der Waals surface area contributed by atoms with Gasteiger partial charge in [0.2, 0.25) is 5.54 Å². The maximum atomic E-state index is 14.0. The first-order valence-electron chi connectivity index (χ1n) is 10.2. The number of halogens is 1. The van der Waals surface area contributed by atoms with Gasteiger partial charge in [-0.15, -0.1) is 0 Å². The second kappa shape index (κ2) is 7.62. The maximum absolute atomic E-state index is 14.0. The predicted octanol–water partition coefficient (Wildman–Crippen LogP) is 2.29. The number of rotatable bonds is 4. The molecule has 0 aromatic heterocycles. The van der Waals surface area contributed by atoms with Crippen molar-refractivity contribution < 1.29 is 23.9 Å². The highest BCUT2D eigenvalue weighted by atomic mass is 79.9. The van der Waals surface area contributed by atoms with Crippen molar-refractivity contribution in [3.8, 4) is 5.75 Å². The van der Waals surface area contributed by atoms with E-state index in [0.717, 1.165) is 15.6 Å². The van der Waals surface area contributed by atoms with E-state index >= 15 is 0 Å². The number of nitrogens with one attached hydrogen (secondary N) is 2. The van der Waals surface area contributed by atoms with Gasteiger partial charge in [0.05, 0.1) is 31.0 Å². The molecule has 2 aliphatic heterocycles. The average Bonchev–Trinajstić information content (AvgIpc) is 3.20. The number of carbonyl (C=O) groups is 2. The second-order valence-corrected chi connectivity index (χ2v) is 9.44. The highest BCUT2D eigenvalue weighted by Gasteiger charge is 2.68. The molecule has 2 amide bonds. The third-order valence-corrected chi connectivity index (χ3v) is 7.27. The largest absolute Gasteiger partial charge is 0.496 e. The van der Waals surface area contributed by atoms with E-state index in [1.807, 2.05) is 50.4 Å². The highest BCUT2D eigenvalue weighted by Crippen LogP contribution is 2.55. The molecule has 4 atom stereocenters. The summed E-state index contributed by atoms with van der Waals surface area (Å²) in [6, 6.07) is 10.8. The Morgan fingerprint density at radius 3 is 2.71 bits per heavy atom. The Bertz CT molecular complexity index is 1070. The molecule has 0 radical (unpaired) electrons. The van der Waals surface area contributed by atoms with Crippen LogP contribution in [0.4, 0.5) is 5.69 Å². The monoisotopic (exact) mass is 488 g/mol. The average molecular weight is 489 g/mol. The number of amides is 2. The molecule has 4 rings (SSSR count). The van der Waals surface area contributed by atoms with E-state index in [2.05, 4.69) is 26.6 Å². The van der Waals surface area contributed by atoms with E-state index in [0.29, 0.717) is 17.0 Å². The summed E-state index contributed by atoms with van der Waals surface area (Å²) in [5, 5.41) is 16.5. The first kappa shape index (κ1) is 21.8. The summed E-state index contributed by atoms with van der Waals surface area (Å²) < 4.78 is 6.54. The summed E-state index contributed by atoms with van der Waals surface area (Å²) in [5.74, 6) is 0.112. The molecule has 2 aromatic rings. The summed E-state index contributed by atoms with van der Waals surface area (Å²) in [4.78, 5) is 27.0. The van der Waals surface area contributed by atoms with Crippen LogP contribution in [-0.4, -0.2) is 61.3 Å². The van der Waals surface area contributed by atoms with Gasteiger partial charge in [-0.3, -0.25) is 14.1 Å². The van der Waals surface area contributed by atoms with Crippen molar-refractivity contribution in [1.29, 1.82) is 0 Å².